The zero-order valence-electron chi connectivity index (χ0n) is 34.6. The van der Waals surface area contributed by atoms with E-state index in [9.17, 15) is 0 Å². The average Bonchev–Trinajstić information content (AvgIpc) is 3.62. The van der Waals surface area contributed by atoms with Gasteiger partial charge in [-0.2, -0.15) is 11.3 Å². The van der Waals surface area contributed by atoms with E-state index in [1.165, 1.54) is 86.2 Å². The third-order valence-electron chi connectivity index (χ3n) is 12.0. The van der Waals surface area contributed by atoms with Crippen molar-refractivity contribution in [2.45, 2.75) is 90.8 Å². The first-order valence-corrected chi connectivity index (χ1v) is 25.4. The number of aromatic nitrogens is 2. The van der Waals surface area contributed by atoms with E-state index in [2.05, 4.69) is 160 Å². The molecule has 0 atom stereocenters. The molecule has 0 aliphatic heterocycles. The minimum Gasteiger partial charge on any atom is -0.305 e. The Balaban J connectivity index is 0.000000187. The summed E-state index contributed by atoms with van der Waals surface area (Å²) in [6, 6.07) is 48.3. The van der Waals surface area contributed by atoms with Crippen molar-refractivity contribution in [3.63, 3.8) is 0 Å². The molecule has 297 valence electrons. The van der Waals surface area contributed by atoms with Gasteiger partial charge in [-0.05, 0) is 91.8 Å². The molecule has 3 aromatic heterocycles. The van der Waals surface area contributed by atoms with E-state index in [4.69, 9.17) is 4.98 Å². The largest absolute Gasteiger partial charge is 0.305 e. The predicted octanol–water partition coefficient (Wildman–Crippen LogP) is 14.9. The molecule has 0 saturated heterocycles. The van der Waals surface area contributed by atoms with Crippen LogP contribution in [0.15, 0.2) is 128 Å². The van der Waals surface area contributed by atoms with Crippen molar-refractivity contribution in [1.82, 2.24) is 9.97 Å². The van der Waals surface area contributed by atoms with E-state index >= 15 is 0 Å². The van der Waals surface area contributed by atoms with Crippen molar-refractivity contribution in [2.75, 3.05) is 0 Å². The van der Waals surface area contributed by atoms with E-state index in [0.29, 0.717) is 5.92 Å². The van der Waals surface area contributed by atoms with Gasteiger partial charge in [-0.3, -0.25) is 0 Å². The first-order chi connectivity index (χ1) is 27.8. The van der Waals surface area contributed by atoms with Crippen molar-refractivity contribution in [2.24, 2.45) is 5.92 Å². The molecular weight excluding hydrogens is 917 g/mol. The smallest absolute Gasteiger partial charge is 0.0798 e. The first kappa shape index (κ1) is 41.9. The van der Waals surface area contributed by atoms with E-state index in [-0.39, 0.29) is 20.1 Å². The normalized spacial score (nSPS) is 13.4. The number of hydrogen-bond acceptors (Lipinski definition) is 3. The molecule has 1 saturated carbocycles. The second-order valence-corrected chi connectivity index (χ2v) is 23.0. The summed E-state index contributed by atoms with van der Waals surface area (Å²) in [5, 5.41) is 6.68. The fraction of sp³-hybridized carbons (Fsp3) is 0.283. The Morgan fingerprint density at radius 3 is 2.26 bits per heavy atom. The number of fused-ring (bicyclic) bond motifs is 4. The van der Waals surface area contributed by atoms with Gasteiger partial charge in [0.15, 0.2) is 0 Å². The van der Waals surface area contributed by atoms with Crippen LogP contribution in [-0.4, -0.2) is 18.0 Å². The Morgan fingerprint density at radius 1 is 0.707 bits per heavy atom. The van der Waals surface area contributed by atoms with Crippen molar-refractivity contribution >= 4 is 55.5 Å². The topological polar surface area (TPSA) is 25.8 Å². The van der Waals surface area contributed by atoms with Crippen LogP contribution in [0.25, 0.3) is 64.6 Å². The molecule has 0 amide bonds. The van der Waals surface area contributed by atoms with Crippen LogP contribution in [0.4, 0.5) is 0 Å². The maximum Gasteiger partial charge on any atom is 0.0798 e. The Hall–Kier alpha value is -4.25. The molecule has 1 radical (unpaired) electrons. The number of benzene rings is 5. The molecule has 0 unspecified atom stereocenters. The van der Waals surface area contributed by atoms with Crippen LogP contribution in [0.1, 0.15) is 75.8 Å². The van der Waals surface area contributed by atoms with E-state index < -0.39 is 8.07 Å². The van der Waals surface area contributed by atoms with Gasteiger partial charge in [0.05, 0.1) is 8.07 Å². The second-order valence-electron chi connectivity index (χ2n) is 16.9. The summed E-state index contributed by atoms with van der Waals surface area (Å²) >= 11 is 1.85. The Kier molecular flexibility index (Phi) is 13.6. The molecule has 0 spiro atoms. The zero-order valence-corrected chi connectivity index (χ0v) is 38.8. The molecule has 5 heteroatoms. The molecule has 3 heterocycles. The molecule has 0 bridgehead atoms. The summed E-state index contributed by atoms with van der Waals surface area (Å²) in [4.78, 5) is 9.45. The first-order valence-electron chi connectivity index (χ1n) is 21.1. The van der Waals surface area contributed by atoms with Crippen molar-refractivity contribution in [3.8, 4) is 33.6 Å². The summed E-state index contributed by atoms with van der Waals surface area (Å²) in [6.07, 6.45) is 14.7. The summed E-state index contributed by atoms with van der Waals surface area (Å²) in [5.74, 6) is 1.45. The Morgan fingerprint density at radius 2 is 1.48 bits per heavy atom. The molecule has 1 aliphatic carbocycles. The summed E-state index contributed by atoms with van der Waals surface area (Å²) in [6.45, 7) is 11.8. The van der Waals surface area contributed by atoms with Gasteiger partial charge in [-0.15, -0.1) is 59.7 Å². The number of pyridine rings is 2. The van der Waals surface area contributed by atoms with Gasteiger partial charge in [0.25, 0.3) is 0 Å². The van der Waals surface area contributed by atoms with E-state index in [0.717, 1.165) is 41.3 Å². The molecule has 2 nitrogen and oxygen atoms in total. The maximum atomic E-state index is 4.77. The van der Waals surface area contributed by atoms with Gasteiger partial charge < -0.3 is 9.97 Å². The third-order valence-corrected chi connectivity index (χ3v) is 15.2. The summed E-state index contributed by atoms with van der Waals surface area (Å²) < 4.78 is 2.59. The van der Waals surface area contributed by atoms with Crippen LogP contribution < -0.4 is 5.19 Å². The van der Waals surface area contributed by atoms with Crippen LogP contribution in [-0.2, 0) is 26.5 Å². The maximum absolute atomic E-state index is 4.77. The van der Waals surface area contributed by atoms with Gasteiger partial charge in [0, 0.05) is 37.2 Å². The predicted molar refractivity (Wildman–Crippen MR) is 249 cm³/mol. The van der Waals surface area contributed by atoms with Crippen LogP contribution >= 0.6 is 11.3 Å². The van der Waals surface area contributed by atoms with Gasteiger partial charge in [0.1, 0.15) is 0 Å². The second kappa shape index (κ2) is 18.8. The van der Waals surface area contributed by atoms with Crippen LogP contribution in [0.2, 0.25) is 19.6 Å². The number of nitrogens with zero attached hydrogens (tertiary/aromatic N) is 2. The van der Waals surface area contributed by atoms with Gasteiger partial charge in [-0.1, -0.05) is 149 Å². The van der Waals surface area contributed by atoms with Crippen LogP contribution in [0, 0.1) is 18.1 Å². The van der Waals surface area contributed by atoms with Crippen molar-refractivity contribution < 1.29 is 20.1 Å². The summed E-state index contributed by atoms with van der Waals surface area (Å²) in [7, 11) is -1.36. The van der Waals surface area contributed by atoms with Gasteiger partial charge in [0.2, 0.25) is 0 Å². The van der Waals surface area contributed by atoms with E-state index in [1.807, 2.05) is 29.7 Å². The minimum atomic E-state index is -1.36. The molecule has 58 heavy (non-hydrogen) atoms. The quantitative estimate of drug-likeness (QED) is 0.106. The molecule has 9 rings (SSSR count). The Bertz CT molecular complexity index is 2610. The number of hydrogen-bond donors (Lipinski definition) is 0. The fourth-order valence-electron chi connectivity index (χ4n) is 8.86. The van der Waals surface area contributed by atoms with Crippen LogP contribution in [0.3, 0.4) is 0 Å². The van der Waals surface area contributed by atoms with Crippen molar-refractivity contribution in [3.05, 3.63) is 151 Å². The van der Waals surface area contributed by atoms with E-state index in [1.54, 1.807) is 10.8 Å². The SMILES string of the molecule is CCC(CC)c1ccnc(-c2[c-]cc3c(c2)sc2ccc(-c4cccc5ccccc45)cc23)c1.C[Si](C)(C)c1cnc(-c2[c-]cccc2)cc1CC1CCCCC1.[Ir]. The molecule has 5 aromatic carbocycles. The van der Waals surface area contributed by atoms with Gasteiger partial charge in [-0.25, -0.2) is 0 Å². The molecule has 1 fully saturated rings. The Labute approximate surface area is 364 Å². The van der Waals surface area contributed by atoms with Crippen molar-refractivity contribution in [1.29, 1.82) is 0 Å². The monoisotopic (exact) mass is 971 g/mol. The molecule has 8 aromatic rings. The standard InChI is InChI=1S/C32H26NS.C21H28NSi.Ir/c1-3-21(4-2)23-16-17-33-30(19-23)25-12-14-28-29-18-24(13-15-31(29)34-32(28)20-25)27-11-7-9-22-8-5-6-10-26(22)27;1-23(2,3)21-16-22-20(18-12-8-5-9-13-18)15-19(21)14-17-10-6-4-7-11-17;/h5-11,13-21H,3-4H2,1-2H3;5,8-9,12,15-17H,4,6-7,10-11,14H2,1-3H3;/q2*-1;. The molecule has 0 N–H and O–H groups in total. The number of rotatable bonds is 9. The zero-order chi connectivity index (χ0) is 39.4. The van der Waals surface area contributed by atoms with Gasteiger partial charge >= 0.3 is 0 Å². The van der Waals surface area contributed by atoms with Crippen LogP contribution in [0.5, 0.6) is 0 Å². The third kappa shape index (κ3) is 9.29. The fourth-order valence-corrected chi connectivity index (χ4v) is 11.6. The summed E-state index contributed by atoms with van der Waals surface area (Å²) in [5.41, 5.74) is 9.74. The molecular formula is C53H54IrN2SSi-2. The minimum absolute atomic E-state index is 0. The molecule has 1 aliphatic rings. The average molecular weight is 971 g/mol. The number of thiophene rings is 1.